The molecule has 1 heterocycles. The number of rotatable bonds is 3. The molecule has 0 aliphatic carbocycles. The maximum atomic E-state index is 9.15. The summed E-state index contributed by atoms with van der Waals surface area (Å²) in [6, 6.07) is -0.162. The zero-order valence-electron chi connectivity index (χ0n) is 10.6. The van der Waals surface area contributed by atoms with Crippen LogP contribution in [0.5, 0.6) is 0 Å². The van der Waals surface area contributed by atoms with Crippen molar-refractivity contribution in [2.75, 3.05) is 13.2 Å². The van der Waals surface area contributed by atoms with Crippen LogP contribution in [-0.2, 0) is 9.47 Å². The third-order valence-corrected chi connectivity index (χ3v) is 2.58. The van der Waals surface area contributed by atoms with Gasteiger partial charge in [0, 0.05) is 0 Å². The molecule has 3 atom stereocenters. The average Bonchev–Trinajstić information content (AvgIpc) is 2.15. The molecule has 0 fully saturated rings. The van der Waals surface area contributed by atoms with Crippen molar-refractivity contribution in [3.8, 4) is 0 Å². The normalized spacial score (nSPS) is 31.4. The summed E-state index contributed by atoms with van der Waals surface area (Å²) in [7, 11) is 0. The second kappa shape index (κ2) is 5.27. The van der Waals surface area contributed by atoms with Crippen LogP contribution in [-0.4, -0.2) is 42.2 Å². The van der Waals surface area contributed by atoms with Crippen LogP contribution < -0.4 is 5.73 Å². The summed E-state index contributed by atoms with van der Waals surface area (Å²) in [6.45, 7) is 8.33. The first-order chi connectivity index (χ1) is 7.33. The zero-order chi connectivity index (χ0) is 12.3. The van der Waals surface area contributed by atoms with Crippen molar-refractivity contribution >= 4 is 0 Å². The molecule has 0 aromatic heterocycles. The first kappa shape index (κ1) is 13.6. The highest BCUT2D eigenvalue weighted by atomic mass is 16.6. The number of nitrogens with two attached hydrogens (primary N) is 1. The van der Waals surface area contributed by atoms with E-state index >= 15 is 0 Å². The highest BCUT2D eigenvalue weighted by molar-refractivity contribution is 5.14. The smallest absolute Gasteiger partial charge is 0.102 e. The highest BCUT2D eigenvalue weighted by Crippen LogP contribution is 2.20. The fraction of sp³-hybridized carbons (Fsp3) is 0.833. The molecule has 0 bridgehead atoms. The molecule has 16 heavy (non-hydrogen) atoms. The topological polar surface area (TPSA) is 64.7 Å². The molecule has 1 rings (SSSR count). The Balaban J connectivity index is 2.56. The van der Waals surface area contributed by atoms with Crippen molar-refractivity contribution in [2.45, 2.75) is 51.5 Å². The molecule has 0 saturated heterocycles. The van der Waals surface area contributed by atoms with E-state index in [4.69, 9.17) is 20.3 Å². The minimum atomic E-state index is -0.242. The second-order valence-electron chi connectivity index (χ2n) is 5.26. The van der Waals surface area contributed by atoms with E-state index in [1.807, 2.05) is 33.8 Å². The Bertz CT molecular complexity index is 257. The van der Waals surface area contributed by atoms with Gasteiger partial charge in [0.05, 0.1) is 24.9 Å². The Morgan fingerprint density at radius 2 is 2.12 bits per heavy atom. The Morgan fingerprint density at radius 3 is 2.62 bits per heavy atom. The lowest BCUT2D eigenvalue weighted by molar-refractivity contribution is -0.104. The van der Waals surface area contributed by atoms with Gasteiger partial charge in [-0.3, -0.25) is 0 Å². The number of ether oxygens (including phenoxy) is 2. The second-order valence-corrected chi connectivity index (χ2v) is 5.26. The van der Waals surface area contributed by atoms with E-state index in [1.54, 1.807) is 0 Å². The van der Waals surface area contributed by atoms with Gasteiger partial charge in [0.2, 0.25) is 0 Å². The van der Waals surface area contributed by atoms with E-state index in [0.717, 1.165) is 5.57 Å². The van der Waals surface area contributed by atoms with Crippen LogP contribution >= 0.6 is 0 Å². The maximum Gasteiger partial charge on any atom is 0.102 e. The van der Waals surface area contributed by atoms with Crippen LogP contribution in [0.15, 0.2) is 11.6 Å². The van der Waals surface area contributed by atoms with Crippen LogP contribution in [0.4, 0.5) is 0 Å². The van der Waals surface area contributed by atoms with E-state index in [0.29, 0.717) is 6.61 Å². The number of aliphatic hydroxyl groups excluding tert-OH is 1. The van der Waals surface area contributed by atoms with Crippen LogP contribution in [0.3, 0.4) is 0 Å². The molecule has 0 amide bonds. The van der Waals surface area contributed by atoms with E-state index < -0.39 is 0 Å². The maximum absolute atomic E-state index is 9.15. The monoisotopic (exact) mass is 229 g/mol. The molecule has 3 N–H and O–H groups in total. The number of hydrogen-bond acceptors (Lipinski definition) is 4. The lowest BCUT2D eigenvalue weighted by Gasteiger charge is -2.34. The van der Waals surface area contributed by atoms with E-state index in [2.05, 4.69) is 0 Å². The van der Waals surface area contributed by atoms with Crippen molar-refractivity contribution in [1.82, 2.24) is 0 Å². The molecule has 0 radical (unpaired) electrons. The van der Waals surface area contributed by atoms with E-state index in [9.17, 15) is 0 Å². The summed E-state index contributed by atoms with van der Waals surface area (Å²) in [6.07, 6.45) is 1.52. The van der Waals surface area contributed by atoms with Crippen LogP contribution in [0.2, 0.25) is 0 Å². The van der Waals surface area contributed by atoms with E-state index in [1.165, 1.54) is 0 Å². The molecule has 1 aliphatic heterocycles. The van der Waals surface area contributed by atoms with Gasteiger partial charge in [-0.05, 0) is 33.3 Å². The zero-order valence-corrected chi connectivity index (χ0v) is 10.6. The minimum Gasteiger partial charge on any atom is -0.393 e. The van der Waals surface area contributed by atoms with Gasteiger partial charge in [-0.25, -0.2) is 0 Å². The van der Waals surface area contributed by atoms with Gasteiger partial charge in [0.25, 0.3) is 0 Å². The molecule has 4 nitrogen and oxygen atoms in total. The Labute approximate surface area is 97.4 Å². The molecular weight excluding hydrogens is 206 g/mol. The SMILES string of the molecule is CC1=C[C@H](N)C(COC(C)(C)C)OC1CO. The van der Waals surface area contributed by atoms with Crippen LogP contribution in [0, 0.1) is 0 Å². The van der Waals surface area contributed by atoms with Crippen molar-refractivity contribution in [1.29, 1.82) is 0 Å². The fourth-order valence-corrected chi connectivity index (χ4v) is 1.60. The number of hydrogen-bond donors (Lipinski definition) is 2. The standard InChI is InChI=1S/C12H23NO3/c1-8-5-9(13)11(16-10(8)6-14)7-15-12(2,3)4/h5,9-11,14H,6-7,13H2,1-4H3/t9-,10?,11?/m0/s1. The van der Waals surface area contributed by atoms with Crippen LogP contribution in [0.1, 0.15) is 27.7 Å². The van der Waals surface area contributed by atoms with Crippen LogP contribution in [0.25, 0.3) is 0 Å². The molecular formula is C12H23NO3. The summed E-state index contributed by atoms with van der Waals surface area (Å²) < 4.78 is 11.3. The highest BCUT2D eigenvalue weighted by Gasteiger charge is 2.28. The van der Waals surface area contributed by atoms with Gasteiger partial charge < -0.3 is 20.3 Å². The summed E-state index contributed by atoms with van der Waals surface area (Å²) in [5.41, 5.74) is 6.74. The third-order valence-electron chi connectivity index (χ3n) is 2.58. The van der Waals surface area contributed by atoms with Crippen molar-refractivity contribution in [3.05, 3.63) is 11.6 Å². The van der Waals surface area contributed by atoms with Crippen molar-refractivity contribution in [3.63, 3.8) is 0 Å². The first-order valence-electron chi connectivity index (χ1n) is 5.67. The van der Waals surface area contributed by atoms with Gasteiger partial charge in [0.15, 0.2) is 0 Å². The first-order valence-corrected chi connectivity index (χ1v) is 5.67. The Morgan fingerprint density at radius 1 is 1.50 bits per heavy atom. The largest absolute Gasteiger partial charge is 0.393 e. The average molecular weight is 229 g/mol. The summed E-state index contributed by atoms with van der Waals surface area (Å²) >= 11 is 0. The molecule has 0 aromatic carbocycles. The van der Waals surface area contributed by atoms with Gasteiger partial charge >= 0.3 is 0 Å². The van der Waals surface area contributed by atoms with E-state index in [-0.39, 0.29) is 30.5 Å². The summed E-state index contributed by atoms with van der Waals surface area (Å²) in [5, 5.41) is 9.15. The van der Waals surface area contributed by atoms with Gasteiger partial charge in [-0.1, -0.05) is 6.08 Å². The molecule has 2 unspecified atom stereocenters. The van der Waals surface area contributed by atoms with Gasteiger partial charge in [-0.15, -0.1) is 0 Å². The third kappa shape index (κ3) is 3.87. The lowest BCUT2D eigenvalue weighted by Crippen LogP contribution is -2.47. The Kier molecular flexibility index (Phi) is 4.50. The molecule has 4 heteroatoms. The summed E-state index contributed by atoms with van der Waals surface area (Å²) in [4.78, 5) is 0. The molecule has 1 aliphatic rings. The Hall–Kier alpha value is -0.420. The predicted octanol–water partition coefficient (Wildman–Crippen LogP) is 0.835. The molecule has 0 saturated carbocycles. The van der Waals surface area contributed by atoms with Gasteiger partial charge in [0.1, 0.15) is 12.2 Å². The molecule has 0 aromatic rings. The quantitative estimate of drug-likeness (QED) is 0.704. The number of aliphatic hydroxyl groups is 1. The minimum absolute atomic E-state index is 0.0128. The predicted molar refractivity (Wildman–Crippen MR) is 63.2 cm³/mol. The summed E-state index contributed by atoms with van der Waals surface area (Å²) in [5.74, 6) is 0. The molecule has 94 valence electrons. The fourth-order valence-electron chi connectivity index (χ4n) is 1.60. The van der Waals surface area contributed by atoms with Crippen molar-refractivity contribution < 1.29 is 14.6 Å². The van der Waals surface area contributed by atoms with Gasteiger partial charge in [-0.2, -0.15) is 0 Å². The van der Waals surface area contributed by atoms with Crippen molar-refractivity contribution in [2.24, 2.45) is 5.73 Å². The lowest BCUT2D eigenvalue weighted by atomic mass is 10.0. The molecule has 0 spiro atoms.